The van der Waals surface area contributed by atoms with Crippen LogP contribution < -0.4 is 9.80 Å². The van der Waals surface area contributed by atoms with E-state index < -0.39 is 0 Å². The van der Waals surface area contributed by atoms with Crippen LogP contribution in [0.15, 0.2) is 433 Å². The van der Waals surface area contributed by atoms with E-state index in [1.165, 1.54) is 125 Å². The highest BCUT2D eigenvalue weighted by molar-refractivity contribution is 6.28. The van der Waals surface area contributed by atoms with Gasteiger partial charge in [0.05, 0.1) is 33.4 Å². The zero-order valence-corrected chi connectivity index (χ0v) is 64.0. The van der Waals surface area contributed by atoms with Crippen molar-refractivity contribution in [2.75, 3.05) is 9.80 Å². The lowest BCUT2D eigenvalue weighted by Crippen LogP contribution is -2.10. The Morgan fingerprint density at radius 1 is 0.178 bits per heavy atom. The fraction of sp³-hybridized carbons (Fsp3) is 0. The zero-order valence-electron chi connectivity index (χ0n) is 64.0. The number of furan rings is 2. The van der Waals surface area contributed by atoms with Crippen LogP contribution in [0.25, 0.3) is 197 Å². The van der Waals surface area contributed by atoms with Gasteiger partial charge in [-0.2, -0.15) is 0 Å². The number of hydrogen-bond acceptors (Lipinski definition) is 4. The lowest BCUT2D eigenvalue weighted by molar-refractivity contribution is 0.666. The van der Waals surface area contributed by atoms with Crippen LogP contribution in [0.3, 0.4) is 0 Å². The second-order valence-corrected chi connectivity index (χ2v) is 30.9. The van der Waals surface area contributed by atoms with Gasteiger partial charge in [-0.05, 0) is 232 Å². The minimum absolute atomic E-state index is 0.898. The molecule has 0 saturated heterocycles. The molecule has 6 heteroatoms. The topological polar surface area (TPSA) is 42.6 Å². The molecule has 0 saturated carbocycles. The molecule has 0 amide bonds. The van der Waals surface area contributed by atoms with Crippen molar-refractivity contribution in [3.05, 3.63) is 425 Å². The number of nitrogens with zero attached hydrogens (tertiary/aromatic N) is 4. The predicted molar refractivity (Wildman–Crippen MR) is 499 cm³/mol. The van der Waals surface area contributed by atoms with Gasteiger partial charge in [-0.1, -0.05) is 285 Å². The average molecular weight is 1500 g/mol. The molecule has 4 heterocycles. The molecule has 25 rings (SSSR count). The molecule has 550 valence electrons. The van der Waals surface area contributed by atoms with Crippen molar-refractivity contribution in [3.63, 3.8) is 0 Å². The second-order valence-electron chi connectivity index (χ2n) is 30.9. The monoisotopic (exact) mass is 1500 g/mol. The van der Waals surface area contributed by atoms with Gasteiger partial charge in [0.15, 0.2) is 5.58 Å². The molecule has 0 aliphatic heterocycles. The van der Waals surface area contributed by atoms with E-state index in [0.717, 1.165) is 106 Å². The van der Waals surface area contributed by atoms with Gasteiger partial charge >= 0.3 is 0 Å². The third-order valence-electron chi connectivity index (χ3n) is 24.5. The summed E-state index contributed by atoms with van der Waals surface area (Å²) in [6, 6.07) is 154. The van der Waals surface area contributed by atoms with Crippen molar-refractivity contribution < 1.29 is 8.83 Å². The van der Waals surface area contributed by atoms with E-state index in [1.54, 1.807) is 0 Å². The highest BCUT2D eigenvalue weighted by Gasteiger charge is 2.24. The number of para-hydroxylation sites is 6. The van der Waals surface area contributed by atoms with Crippen molar-refractivity contribution in [3.8, 4) is 33.6 Å². The Morgan fingerprint density at radius 2 is 0.551 bits per heavy atom. The number of benzene rings is 21. The van der Waals surface area contributed by atoms with E-state index in [1.807, 2.05) is 18.2 Å². The molecule has 0 bridgehead atoms. The molecule has 0 atom stereocenters. The maximum atomic E-state index is 6.55. The highest BCUT2D eigenvalue weighted by atomic mass is 16.3. The third kappa shape index (κ3) is 10.7. The second kappa shape index (κ2) is 27.0. The Labute approximate surface area is 678 Å². The molecular weight excluding hydrogens is 1430 g/mol. The molecule has 0 radical (unpaired) electrons. The van der Waals surface area contributed by atoms with E-state index in [0.29, 0.717) is 0 Å². The van der Waals surface area contributed by atoms with Crippen molar-refractivity contribution in [1.29, 1.82) is 0 Å². The fourth-order valence-corrected chi connectivity index (χ4v) is 19.1. The molecule has 0 unspecified atom stereocenters. The van der Waals surface area contributed by atoms with E-state index in [4.69, 9.17) is 8.83 Å². The van der Waals surface area contributed by atoms with Crippen LogP contribution in [0, 0.1) is 0 Å². The number of rotatable bonds is 10. The van der Waals surface area contributed by atoms with E-state index in [9.17, 15) is 0 Å². The molecule has 0 N–H and O–H groups in total. The van der Waals surface area contributed by atoms with Crippen LogP contribution in [-0.2, 0) is 0 Å². The maximum Gasteiger partial charge on any atom is 0.159 e. The molecular formula is C112H70N4O2. The summed E-state index contributed by atoms with van der Waals surface area (Å²) in [4.78, 5) is 4.79. The summed E-state index contributed by atoms with van der Waals surface area (Å²) < 4.78 is 17.5. The Bertz CT molecular complexity index is 8320. The van der Waals surface area contributed by atoms with Gasteiger partial charge in [0.1, 0.15) is 16.7 Å². The fourth-order valence-electron chi connectivity index (χ4n) is 19.1. The number of hydrogen-bond donors (Lipinski definition) is 0. The van der Waals surface area contributed by atoms with Gasteiger partial charge in [0.2, 0.25) is 0 Å². The molecule has 6 nitrogen and oxygen atoms in total. The molecule has 0 aliphatic rings. The zero-order chi connectivity index (χ0) is 77.5. The Balaban J connectivity index is 0.000000135. The van der Waals surface area contributed by atoms with Gasteiger partial charge in [-0.3, -0.25) is 0 Å². The molecule has 0 fully saturated rings. The summed E-state index contributed by atoms with van der Waals surface area (Å²) >= 11 is 0. The number of anilines is 6. The van der Waals surface area contributed by atoms with Crippen LogP contribution in [0.4, 0.5) is 34.1 Å². The van der Waals surface area contributed by atoms with Crippen molar-refractivity contribution >= 4 is 197 Å². The molecule has 4 aromatic heterocycles. The quantitative estimate of drug-likeness (QED) is 0.128. The van der Waals surface area contributed by atoms with Gasteiger partial charge in [-0.25, -0.2) is 0 Å². The van der Waals surface area contributed by atoms with Crippen molar-refractivity contribution in [2.24, 2.45) is 0 Å². The molecule has 0 spiro atoms. The smallest absolute Gasteiger partial charge is 0.159 e. The highest BCUT2D eigenvalue weighted by Crippen LogP contribution is 2.48. The first-order valence-electron chi connectivity index (χ1n) is 40.4. The summed E-state index contributed by atoms with van der Waals surface area (Å²) in [5.74, 6) is 0. The normalized spacial score (nSPS) is 11.9. The third-order valence-corrected chi connectivity index (χ3v) is 24.5. The molecule has 118 heavy (non-hydrogen) atoms. The van der Waals surface area contributed by atoms with Crippen LogP contribution in [-0.4, -0.2) is 9.13 Å². The Kier molecular flexibility index (Phi) is 15.3. The largest absolute Gasteiger partial charge is 0.456 e. The van der Waals surface area contributed by atoms with Gasteiger partial charge in [0.25, 0.3) is 0 Å². The summed E-state index contributed by atoms with van der Waals surface area (Å²) in [7, 11) is 0. The van der Waals surface area contributed by atoms with Gasteiger partial charge in [0, 0.05) is 82.6 Å². The summed E-state index contributed by atoms with van der Waals surface area (Å²) in [5.41, 5.74) is 21.8. The van der Waals surface area contributed by atoms with Crippen LogP contribution >= 0.6 is 0 Å². The van der Waals surface area contributed by atoms with Crippen molar-refractivity contribution in [1.82, 2.24) is 9.13 Å². The molecule has 25 aromatic rings. The van der Waals surface area contributed by atoms with Gasteiger partial charge in [-0.15, -0.1) is 0 Å². The SMILES string of the molecule is c1ccc(N(c2ccc(-c3ccc4c(c3)c3ccccc3n4-c3ccc4oc5ccccc5c4c3)cc2)c2ccc3c4ccccc4c4ccccc4c3c2)cc1.c1ccc2c(N(c3ccc(-c4ccc5c(c4)c4ccccc4n5-c4cccc5c4oc4ccccc45)cc3)c3ccc4c5ccccc5c5ccccc5c4c3)cccc2c1. The average Bonchev–Trinajstić information content (AvgIpc) is 1.36. The minimum Gasteiger partial charge on any atom is -0.456 e. The van der Waals surface area contributed by atoms with Crippen LogP contribution in [0.5, 0.6) is 0 Å². The maximum absolute atomic E-state index is 6.55. The predicted octanol–water partition coefficient (Wildman–Crippen LogP) is 31.7. The van der Waals surface area contributed by atoms with Gasteiger partial charge < -0.3 is 27.8 Å². The molecule has 21 aromatic carbocycles. The molecule has 0 aliphatic carbocycles. The summed E-state index contributed by atoms with van der Waals surface area (Å²) in [6.45, 7) is 0. The van der Waals surface area contributed by atoms with Crippen LogP contribution in [0.2, 0.25) is 0 Å². The van der Waals surface area contributed by atoms with Crippen molar-refractivity contribution in [2.45, 2.75) is 0 Å². The summed E-state index contributed by atoms with van der Waals surface area (Å²) in [6.07, 6.45) is 0. The Morgan fingerprint density at radius 3 is 1.12 bits per heavy atom. The van der Waals surface area contributed by atoms with E-state index in [-0.39, 0.29) is 0 Å². The number of aromatic nitrogens is 2. The first-order chi connectivity index (χ1) is 58.5. The number of fused-ring (bicyclic) bond motifs is 25. The summed E-state index contributed by atoms with van der Waals surface area (Å²) in [5, 5.41) is 27.0. The first-order valence-corrected chi connectivity index (χ1v) is 40.4. The standard InChI is InChI=1S/C58H36N2O.C54H34N2O/c1-2-15-42-38(13-1)14-11-24-53(42)59(41-32-33-47-45-18-4-3-16-43(45)44-17-5-6-19-46(44)51(47)36-41)40-30-27-37(28-31-40)39-29-34-55-52(35-39)48-20-7-9-23-54(48)60(55)56-25-12-22-50-49-21-8-10-26-57(49)61-58(50)56;1-2-12-37(13-3-1)55(39-27-29-45-43-16-5-4-14-41(43)42-15-6-7-17-44(42)48(45)33-39)38-25-22-35(23-26-38)36-24-30-52-49(32-36)46-18-8-10-20-51(46)56(52)40-28-31-54-50(34-40)47-19-9-11-21-53(47)57-54/h1-36H;1-34H. The lowest BCUT2D eigenvalue weighted by Gasteiger charge is -2.27. The van der Waals surface area contributed by atoms with E-state index >= 15 is 0 Å². The Hall–Kier alpha value is -15.8. The first kappa shape index (κ1) is 66.8. The lowest BCUT2D eigenvalue weighted by atomic mass is 9.94. The van der Waals surface area contributed by atoms with Crippen LogP contribution in [0.1, 0.15) is 0 Å². The minimum atomic E-state index is 0.898. The van der Waals surface area contributed by atoms with E-state index in [2.05, 4.69) is 425 Å².